The fourth-order valence-corrected chi connectivity index (χ4v) is 9.87. The molecule has 0 spiro atoms. The van der Waals surface area contributed by atoms with Crippen LogP contribution in [-0.2, 0) is 0 Å². The topological polar surface area (TPSA) is 3.24 Å². The van der Waals surface area contributed by atoms with Crippen LogP contribution in [0.15, 0.2) is 200 Å². The van der Waals surface area contributed by atoms with Crippen molar-refractivity contribution in [2.75, 3.05) is 4.90 Å². The average molecular weight is 704 g/mol. The zero-order valence-electron chi connectivity index (χ0n) is 29.4. The zero-order valence-corrected chi connectivity index (χ0v) is 30.2. The Balaban J connectivity index is 1.28. The minimum Gasteiger partial charge on any atom is -0.308 e. The van der Waals surface area contributed by atoms with Crippen LogP contribution in [0.1, 0.15) is 0 Å². The van der Waals surface area contributed by atoms with Crippen LogP contribution in [0.3, 0.4) is 0 Å². The molecule has 0 aliphatic carbocycles. The third kappa shape index (κ3) is 4.78. The second-order valence-corrected chi connectivity index (χ2v) is 15.1. The molecule has 1 heterocycles. The van der Waals surface area contributed by atoms with Gasteiger partial charge in [0.1, 0.15) is 0 Å². The molecule has 2 heteroatoms. The molecule has 0 radical (unpaired) electrons. The maximum absolute atomic E-state index is 2.51. The minimum absolute atomic E-state index is 1.12. The van der Waals surface area contributed by atoms with E-state index in [0.29, 0.717) is 0 Å². The van der Waals surface area contributed by atoms with Crippen molar-refractivity contribution in [1.29, 1.82) is 0 Å². The molecular weight excluding hydrogens is 671 g/mol. The van der Waals surface area contributed by atoms with E-state index in [-0.39, 0.29) is 0 Å². The third-order valence-electron chi connectivity index (χ3n) is 11.0. The molecule has 0 unspecified atom stereocenters. The van der Waals surface area contributed by atoms with Gasteiger partial charge in [-0.3, -0.25) is 0 Å². The van der Waals surface area contributed by atoms with Gasteiger partial charge >= 0.3 is 0 Å². The molecule has 0 amide bonds. The van der Waals surface area contributed by atoms with E-state index in [1.165, 1.54) is 91.2 Å². The molecule has 0 N–H and O–H groups in total. The predicted molar refractivity (Wildman–Crippen MR) is 235 cm³/mol. The third-order valence-corrected chi connectivity index (χ3v) is 12.2. The maximum Gasteiger partial charge on any atom is 0.0640 e. The molecular formula is C52H33NS. The van der Waals surface area contributed by atoms with Crippen LogP contribution < -0.4 is 4.90 Å². The lowest BCUT2D eigenvalue weighted by Crippen LogP contribution is -2.11. The van der Waals surface area contributed by atoms with Gasteiger partial charge in [-0.15, -0.1) is 11.3 Å². The van der Waals surface area contributed by atoms with Crippen LogP contribution in [0.5, 0.6) is 0 Å². The van der Waals surface area contributed by atoms with Gasteiger partial charge in [0.15, 0.2) is 0 Å². The van der Waals surface area contributed by atoms with Crippen molar-refractivity contribution in [2.45, 2.75) is 0 Å². The van der Waals surface area contributed by atoms with Crippen molar-refractivity contribution in [1.82, 2.24) is 0 Å². The molecule has 54 heavy (non-hydrogen) atoms. The summed E-state index contributed by atoms with van der Waals surface area (Å²) in [6.07, 6.45) is 0. The molecule has 0 aliphatic heterocycles. The molecule has 0 saturated carbocycles. The molecule has 0 aliphatic rings. The summed E-state index contributed by atoms with van der Waals surface area (Å²) in [5, 5.41) is 12.6. The summed E-state index contributed by atoms with van der Waals surface area (Å²) in [6.45, 7) is 0. The molecule has 1 aromatic heterocycles. The first-order valence-electron chi connectivity index (χ1n) is 18.5. The van der Waals surface area contributed by atoms with Gasteiger partial charge in [-0.1, -0.05) is 170 Å². The molecule has 0 saturated heterocycles. The fraction of sp³-hybridized carbons (Fsp3) is 0. The SMILES string of the molecule is c1ccc(-c2c(-c3ccccc3)c3cc(N(c4cccc5c4ccc4ccccc45)c4cccc5c4sc4ccccc45)ccc3c3ccccc23)cc1. The molecule has 1 nitrogen and oxygen atoms in total. The highest BCUT2D eigenvalue weighted by Crippen LogP contribution is 2.50. The minimum atomic E-state index is 1.12. The number of benzene rings is 10. The van der Waals surface area contributed by atoms with E-state index >= 15 is 0 Å². The molecule has 0 fully saturated rings. The van der Waals surface area contributed by atoms with E-state index in [2.05, 4.69) is 205 Å². The van der Waals surface area contributed by atoms with E-state index in [1.54, 1.807) is 0 Å². The molecule has 0 atom stereocenters. The van der Waals surface area contributed by atoms with Crippen molar-refractivity contribution in [3.63, 3.8) is 0 Å². The number of rotatable bonds is 5. The Morgan fingerprint density at radius 3 is 1.63 bits per heavy atom. The predicted octanol–water partition coefficient (Wildman–Crippen LogP) is 15.5. The van der Waals surface area contributed by atoms with E-state index in [1.807, 2.05) is 11.3 Å². The number of hydrogen-bond donors (Lipinski definition) is 0. The smallest absolute Gasteiger partial charge is 0.0640 e. The Morgan fingerprint density at radius 1 is 0.315 bits per heavy atom. The normalized spacial score (nSPS) is 11.7. The van der Waals surface area contributed by atoms with Crippen LogP contribution in [0.25, 0.3) is 85.5 Å². The van der Waals surface area contributed by atoms with Crippen LogP contribution in [-0.4, -0.2) is 0 Å². The first kappa shape index (κ1) is 30.8. The van der Waals surface area contributed by atoms with Crippen LogP contribution in [0, 0.1) is 0 Å². The maximum atomic E-state index is 2.51. The second kappa shape index (κ2) is 12.4. The summed E-state index contributed by atoms with van der Waals surface area (Å²) < 4.78 is 2.58. The van der Waals surface area contributed by atoms with Crippen LogP contribution in [0.4, 0.5) is 17.1 Å². The van der Waals surface area contributed by atoms with Gasteiger partial charge in [0, 0.05) is 26.5 Å². The van der Waals surface area contributed by atoms with Gasteiger partial charge in [0.25, 0.3) is 0 Å². The molecule has 11 rings (SSSR count). The van der Waals surface area contributed by atoms with Crippen LogP contribution in [0.2, 0.25) is 0 Å². The first-order chi connectivity index (χ1) is 26.8. The highest BCUT2D eigenvalue weighted by Gasteiger charge is 2.23. The van der Waals surface area contributed by atoms with E-state index < -0.39 is 0 Å². The Hall–Kier alpha value is -6.74. The largest absolute Gasteiger partial charge is 0.308 e. The Labute approximate surface area is 317 Å². The monoisotopic (exact) mass is 703 g/mol. The number of fused-ring (bicyclic) bond motifs is 9. The van der Waals surface area contributed by atoms with Gasteiger partial charge in [-0.05, 0) is 90.3 Å². The zero-order chi connectivity index (χ0) is 35.6. The first-order valence-corrected chi connectivity index (χ1v) is 19.3. The highest BCUT2D eigenvalue weighted by molar-refractivity contribution is 7.26. The van der Waals surface area contributed by atoms with E-state index in [0.717, 1.165) is 11.4 Å². The lowest BCUT2D eigenvalue weighted by atomic mass is 9.85. The Bertz CT molecular complexity index is 3210. The summed E-state index contributed by atoms with van der Waals surface area (Å²) in [7, 11) is 0. The Morgan fingerprint density at radius 2 is 0.852 bits per heavy atom. The summed E-state index contributed by atoms with van der Waals surface area (Å²) in [5.74, 6) is 0. The van der Waals surface area contributed by atoms with Crippen LogP contribution >= 0.6 is 11.3 Å². The summed E-state index contributed by atoms with van der Waals surface area (Å²) >= 11 is 1.88. The number of thiophene rings is 1. The van der Waals surface area contributed by atoms with Crippen molar-refractivity contribution in [2.24, 2.45) is 0 Å². The molecule has 11 aromatic rings. The number of anilines is 3. The summed E-state index contributed by atoms with van der Waals surface area (Å²) in [4.78, 5) is 2.51. The molecule has 0 bridgehead atoms. The van der Waals surface area contributed by atoms with Gasteiger partial charge in [0.05, 0.1) is 16.1 Å². The quantitative estimate of drug-likeness (QED) is 0.161. The number of hydrogen-bond acceptors (Lipinski definition) is 2. The molecule has 10 aromatic carbocycles. The Kier molecular flexibility index (Phi) is 7.11. The van der Waals surface area contributed by atoms with Crippen molar-refractivity contribution < 1.29 is 0 Å². The van der Waals surface area contributed by atoms with E-state index in [9.17, 15) is 0 Å². The van der Waals surface area contributed by atoms with Crippen molar-refractivity contribution in [3.05, 3.63) is 200 Å². The lowest BCUT2D eigenvalue weighted by Gasteiger charge is -2.28. The van der Waals surface area contributed by atoms with Crippen molar-refractivity contribution >= 4 is 91.7 Å². The van der Waals surface area contributed by atoms with E-state index in [4.69, 9.17) is 0 Å². The van der Waals surface area contributed by atoms with Gasteiger partial charge in [-0.2, -0.15) is 0 Å². The summed E-state index contributed by atoms with van der Waals surface area (Å²) in [6, 6.07) is 73.6. The second-order valence-electron chi connectivity index (χ2n) is 14.0. The fourth-order valence-electron chi connectivity index (χ4n) is 8.66. The van der Waals surface area contributed by atoms with Gasteiger partial charge < -0.3 is 4.90 Å². The average Bonchev–Trinajstić information content (AvgIpc) is 3.63. The number of nitrogens with zero attached hydrogens (tertiary/aromatic N) is 1. The standard InChI is InChI=1S/C52H33NS/c1-3-16-35(17-4-1)50-44-23-10-9-21-40(44)41-32-30-37(33-46(41)51(50)36-18-5-2-6-19-36)53(48-27-14-25-45-43-22-11-12-28-49(43)54-52(45)48)47-26-13-24-39-38-20-8-7-15-34(38)29-31-42(39)47/h1-33H. The van der Waals surface area contributed by atoms with Gasteiger partial charge in [0.2, 0.25) is 0 Å². The van der Waals surface area contributed by atoms with Crippen molar-refractivity contribution in [3.8, 4) is 22.3 Å². The highest BCUT2D eigenvalue weighted by atomic mass is 32.1. The molecule has 252 valence electrons. The summed E-state index contributed by atoms with van der Waals surface area (Å²) in [5.41, 5.74) is 8.40. The van der Waals surface area contributed by atoms with Gasteiger partial charge in [-0.25, -0.2) is 0 Å². The lowest BCUT2D eigenvalue weighted by molar-refractivity contribution is 1.32.